The van der Waals surface area contributed by atoms with E-state index in [0.717, 1.165) is 18.4 Å². The molecule has 1 heterocycles. The average molecular weight is 274 g/mol. The van der Waals surface area contributed by atoms with Crippen molar-refractivity contribution in [1.82, 2.24) is 9.97 Å². The molecule has 1 unspecified atom stereocenters. The van der Waals surface area contributed by atoms with E-state index in [1.165, 1.54) is 6.07 Å². The van der Waals surface area contributed by atoms with E-state index in [4.69, 9.17) is 5.73 Å². The minimum atomic E-state index is -0.296. The predicted octanol–water partition coefficient (Wildman–Crippen LogP) is 2.66. The number of hydrogen-bond donors (Lipinski definition) is 1. The number of para-hydroxylation sites is 1. The highest BCUT2D eigenvalue weighted by Gasteiger charge is 2.11. The summed E-state index contributed by atoms with van der Waals surface area (Å²) in [6, 6.07) is 6.67. The van der Waals surface area contributed by atoms with Crippen LogP contribution in [0.1, 0.15) is 18.9 Å². The highest BCUT2D eigenvalue weighted by atomic mass is 19.1. The molecule has 4 nitrogen and oxygen atoms in total. The summed E-state index contributed by atoms with van der Waals surface area (Å²) in [6.45, 7) is 2.05. The van der Waals surface area contributed by atoms with Gasteiger partial charge in [0, 0.05) is 25.5 Å². The molecule has 0 spiro atoms. The van der Waals surface area contributed by atoms with E-state index in [9.17, 15) is 4.39 Å². The average Bonchev–Trinajstić information content (AvgIpc) is 2.47. The summed E-state index contributed by atoms with van der Waals surface area (Å²) in [7, 11) is 1.74. The molecule has 1 atom stereocenters. The summed E-state index contributed by atoms with van der Waals surface area (Å²) in [6.07, 6.45) is 5.15. The first-order valence-corrected chi connectivity index (χ1v) is 6.66. The fourth-order valence-electron chi connectivity index (χ4n) is 1.91. The van der Waals surface area contributed by atoms with Crippen LogP contribution in [0.25, 0.3) is 0 Å². The van der Waals surface area contributed by atoms with Crippen molar-refractivity contribution >= 4 is 11.6 Å². The smallest absolute Gasteiger partial charge is 0.229 e. The lowest BCUT2D eigenvalue weighted by Crippen LogP contribution is -2.22. The monoisotopic (exact) mass is 274 g/mol. The first kappa shape index (κ1) is 14.4. The van der Waals surface area contributed by atoms with Crippen LogP contribution in [0, 0.1) is 5.82 Å². The molecule has 0 saturated carbocycles. The molecule has 20 heavy (non-hydrogen) atoms. The lowest BCUT2D eigenvalue weighted by atomic mass is 10.1. The van der Waals surface area contributed by atoms with E-state index >= 15 is 0 Å². The Morgan fingerprint density at radius 1 is 1.25 bits per heavy atom. The zero-order valence-electron chi connectivity index (χ0n) is 11.8. The molecule has 2 rings (SSSR count). The Labute approximate surface area is 118 Å². The number of nitrogens with two attached hydrogens (primary N) is 1. The summed E-state index contributed by atoms with van der Waals surface area (Å²) in [4.78, 5) is 10.2. The molecule has 2 aromatic rings. The van der Waals surface area contributed by atoms with Crippen LogP contribution in [0.3, 0.4) is 0 Å². The van der Waals surface area contributed by atoms with E-state index in [2.05, 4.69) is 9.97 Å². The van der Waals surface area contributed by atoms with Gasteiger partial charge in [-0.05, 0) is 30.5 Å². The lowest BCUT2D eigenvalue weighted by molar-refractivity contribution is 0.626. The number of hydrogen-bond acceptors (Lipinski definition) is 4. The fourth-order valence-corrected chi connectivity index (χ4v) is 1.91. The Morgan fingerprint density at radius 3 is 2.50 bits per heavy atom. The Bertz CT molecular complexity index is 556. The van der Waals surface area contributed by atoms with E-state index in [1.807, 2.05) is 6.92 Å². The van der Waals surface area contributed by atoms with Gasteiger partial charge in [0.1, 0.15) is 5.82 Å². The molecule has 0 radical (unpaired) electrons. The van der Waals surface area contributed by atoms with Gasteiger partial charge >= 0.3 is 0 Å². The predicted molar refractivity (Wildman–Crippen MR) is 78.5 cm³/mol. The van der Waals surface area contributed by atoms with Crippen molar-refractivity contribution in [3.8, 4) is 0 Å². The maximum absolute atomic E-state index is 13.7. The highest BCUT2D eigenvalue weighted by Crippen LogP contribution is 2.22. The molecule has 0 aliphatic rings. The molecule has 0 saturated heterocycles. The van der Waals surface area contributed by atoms with Crippen molar-refractivity contribution in [3.05, 3.63) is 48.0 Å². The van der Waals surface area contributed by atoms with Crippen LogP contribution < -0.4 is 10.6 Å². The lowest BCUT2D eigenvalue weighted by Gasteiger charge is -2.18. The number of nitrogens with zero attached hydrogens (tertiary/aromatic N) is 3. The standard InChI is InChI=1S/C15H19FN4/c1-3-12(17)8-11-9-18-15(19-10-11)20(2)14-7-5-4-6-13(14)16/h4-7,9-10,12H,3,8,17H2,1-2H3. The summed E-state index contributed by atoms with van der Waals surface area (Å²) in [5.74, 6) is 0.166. The highest BCUT2D eigenvalue weighted by molar-refractivity contribution is 5.56. The van der Waals surface area contributed by atoms with Crippen LogP contribution in [0.4, 0.5) is 16.0 Å². The second-order valence-corrected chi connectivity index (χ2v) is 4.77. The van der Waals surface area contributed by atoms with Crippen molar-refractivity contribution < 1.29 is 4.39 Å². The SMILES string of the molecule is CCC(N)Cc1cnc(N(C)c2ccccc2F)nc1. The Kier molecular flexibility index (Phi) is 4.63. The van der Waals surface area contributed by atoms with Crippen molar-refractivity contribution in [2.24, 2.45) is 5.73 Å². The quantitative estimate of drug-likeness (QED) is 0.910. The molecule has 1 aromatic heterocycles. The number of rotatable bonds is 5. The Morgan fingerprint density at radius 2 is 1.90 bits per heavy atom. The molecule has 1 aromatic carbocycles. The molecule has 0 fully saturated rings. The number of anilines is 2. The first-order chi connectivity index (χ1) is 9.61. The van der Waals surface area contributed by atoms with Gasteiger partial charge in [-0.15, -0.1) is 0 Å². The molecular weight excluding hydrogens is 255 g/mol. The Balaban J connectivity index is 2.16. The van der Waals surface area contributed by atoms with Crippen LogP contribution in [0.2, 0.25) is 0 Å². The van der Waals surface area contributed by atoms with Crippen molar-refractivity contribution in [3.63, 3.8) is 0 Å². The van der Waals surface area contributed by atoms with Gasteiger partial charge < -0.3 is 10.6 Å². The topological polar surface area (TPSA) is 55.0 Å². The van der Waals surface area contributed by atoms with Crippen LogP contribution >= 0.6 is 0 Å². The zero-order valence-corrected chi connectivity index (χ0v) is 11.8. The van der Waals surface area contributed by atoms with Gasteiger partial charge in [-0.25, -0.2) is 14.4 Å². The van der Waals surface area contributed by atoms with E-state index in [0.29, 0.717) is 11.6 Å². The van der Waals surface area contributed by atoms with E-state index in [1.54, 1.807) is 42.5 Å². The van der Waals surface area contributed by atoms with Gasteiger partial charge in [-0.2, -0.15) is 0 Å². The van der Waals surface area contributed by atoms with Crippen LogP contribution in [-0.2, 0) is 6.42 Å². The molecule has 2 N–H and O–H groups in total. The number of benzene rings is 1. The van der Waals surface area contributed by atoms with Gasteiger partial charge in [-0.1, -0.05) is 19.1 Å². The molecule has 5 heteroatoms. The largest absolute Gasteiger partial charge is 0.327 e. The van der Waals surface area contributed by atoms with Gasteiger partial charge in [0.2, 0.25) is 5.95 Å². The molecule has 106 valence electrons. The summed E-state index contributed by atoms with van der Waals surface area (Å²) in [5.41, 5.74) is 7.34. The third-order valence-electron chi connectivity index (χ3n) is 3.23. The second kappa shape index (κ2) is 6.43. The van der Waals surface area contributed by atoms with Crippen LogP contribution in [0.15, 0.2) is 36.7 Å². The second-order valence-electron chi connectivity index (χ2n) is 4.77. The number of halogens is 1. The number of aromatic nitrogens is 2. The maximum Gasteiger partial charge on any atom is 0.229 e. The fraction of sp³-hybridized carbons (Fsp3) is 0.333. The van der Waals surface area contributed by atoms with Crippen LogP contribution in [-0.4, -0.2) is 23.1 Å². The van der Waals surface area contributed by atoms with Crippen molar-refractivity contribution in [1.29, 1.82) is 0 Å². The maximum atomic E-state index is 13.7. The summed E-state index contributed by atoms with van der Waals surface area (Å²) < 4.78 is 13.7. The van der Waals surface area contributed by atoms with Gasteiger partial charge in [0.15, 0.2) is 0 Å². The molecular formula is C15H19FN4. The van der Waals surface area contributed by atoms with Gasteiger partial charge in [-0.3, -0.25) is 0 Å². The minimum absolute atomic E-state index is 0.119. The molecule has 0 amide bonds. The van der Waals surface area contributed by atoms with Crippen molar-refractivity contribution in [2.45, 2.75) is 25.8 Å². The van der Waals surface area contributed by atoms with Gasteiger partial charge in [0.25, 0.3) is 0 Å². The molecule has 0 bridgehead atoms. The third kappa shape index (κ3) is 3.30. The normalized spacial score (nSPS) is 12.2. The summed E-state index contributed by atoms with van der Waals surface area (Å²) >= 11 is 0. The molecule has 0 aliphatic heterocycles. The zero-order chi connectivity index (χ0) is 14.5. The third-order valence-corrected chi connectivity index (χ3v) is 3.23. The van der Waals surface area contributed by atoms with E-state index < -0.39 is 0 Å². The first-order valence-electron chi connectivity index (χ1n) is 6.66. The minimum Gasteiger partial charge on any atom is -0.327 e. The van der Waals surface area contributed by atoms with Gasteiger partial charge in [0.05, 0.1) is 5.69 Å². The molecule has 0 aliphatic carbocycles. The Hall–Kier alpha value is -2.01. The van der Waals surface area contributed by atoms with E-state index in [-0.39, 0.29) is 11.9 Å². The van der Waals surface area contributed by atoms with Crippen molar-refractivity contribution in [2.75, 3.05) is 11.9 Å². The summed E-state index contributed by atoms with van der Waals surface area (Å²) in [5, 5.41) is 0. The van der Waals surface area contributed by atoms with Crippen LogP contribution in [0.5, 0.6) is 0 Å².